The van der Waals surface area contributed by atoms with E-state index in [0.29, 0.717) is 5.89 Å². The van der Waals surface area contributed by atoms with Gasteiger partial charge in [0.2, 0.25) is 11.8 Å². The number of amides is 1. The van der Waals surface area contributed by atoms with Crippen molar-refractivity contribution in [3.05, 3.63) is 59.7 Å². The normalized spacial score (nSPS) is 12.6. The number of carbonyl (C=O) groups is 1. The number of hydrogen-bond donors (Lipinski definition) is 1. The summed E-state index contributed by atoms with van der Waals surface area (Å²) in [6.45, 7) is 3.56. The van der Waals surface area contributed by atoms with Crippen LogP contribution >= 0.6 is 11.8 Å². The molecule has 1 aromatic heterocycles. The van der Waals surface area contributed by atoms with E-state index in [1.807, 2.05) is 31.2 Å². The molecule has 0 aliphatic carbocycles. The van der Waals surface area contributed by atoms with Crippen molar-refractivity contribution in [3.63, 3.8) is 0 Å². The molecular weight excluding hydrogens is 391 g/mol. The number of nitrogens with zero attached hydrogens (tertiary/aromatic N) is 2. The first-order chi connectivity index (χ1) is 13.2. The van der Waals surface area contributed by atoms with Gasteiger partial charge in [0.15, 0.2) is 0 Å². The van der Waals surface area contributed by atoms with Crippen molar-refractivity contribution in [3.8, 4) is 11.5 Å². The molecule has 0 aliphatic rings. The molecule has 0 saturated carbocycles. The summed E-state index contributed by atoms with van der Waals surface area (Å²) in [6, 6.07) is 12.0. The van der Waals surface area contributed by atoms with Crippen molar-refractivity contribution >= 4 is 23.4 Å². The minimum absolute atomic E-state index is 0.0677. The summed E-state index contributed by atoms with van der Waals surface area (Å²) < 4.78 is 43.9. The van der Waals surface area contributed by atoms with Crippen LogP contribution in [0.25, 0.3) is 11.5 Å². The molecule has 1 N–H and O–H groups in total. The molecule has 0 unspecified atom stereocenters. The minimum atomic E-state index is -4.47. The van der Waals surface area contributed by atoms with Gasteiger partial charge in [-0.3, -0.25) is 4.79 Å². The van der Waals surface area contributed by atoms with Crippen LogP contribution in [0.5, 0.6) is 0 Å². The summed E-state index contributed by atoms with van der Waals surface area (Å²) >= 11 is 1.02. The standard InChI is InChI=1S/C19H16F3N3O2S/c1-11-6-8-13(9-7-11)17-24-25-18(27-17)28-12(2)16(26)23-15-5-3-4-14(10-15)19(20,21)22/h3-10,12H,1-2H3,(H,23,26)/t12-/m0/s1. The number of alkyl halides is 3. The molecule has 1 heterocycles. The lowest BCUT2D eigenvalue weighted by Crippen LogP contribution is -2.22. The van der Waals surface area contributed by atoms with Crippen LogP contribution in [0, 0.1) is 6.92 Å². The van der Waals surface area contributed by atoms with E-state index >= 15 is 0 Å². The summed E-state index contributed by atoms with van der Waals surface area (Å²) in [5, 5.41) is 9.88. The van der Waals surface area contributed by atoms with Gasteiger partial charge in [-0.05, 0) is 44.2 Å². The van der Waals surface area contributed by atoms with E-state index < -0.39 is 22.9 Å². The molecule has 2 aromatic carbocycles. The number of carbonyl (C=O) groups excluding carboxylic acids is 1. The highest BCUT2D eigenvalue weighted by Crippen LogP contribution is 2.31. The SMILES string of the molecule is Cc1ccc(-c2nnc(S[C@@H](C)C(=O)Nc3cccc(C(F)(F)F)c3)o2)cc1. The second-order valence-corrected chi connectivity index (χ2v) is 7.36. The van der Waals surface area contributed by atoms with Crippen LogP contribution in [0.1, 0.15) is 18.1 Å². The van der Waals surface area contributed by atoms with Crippen molar-refractivity contribution in [1.82, 2.24) is 10.2 Å². The van der Waals surface area contributed by atoms with Gasteiger partial charge >= 0.3 is 6.18 Å². The molecule has 0 radical (unpaired) electrons. The lowest BCUT2D eigenvalue weighted by Gasteiger charge is -2.12. The van der Waals surface area contributed by atoms with Gasteiger partial charge in [-0.25, -0.2) is 0 Å². The van der Waals surface area contributed by atoms with Crippen molar-refractivity contribution in [2.24, 2.45) is 0 Å². The van der Waals surface area contributed by atoms with Gasteiger partial charge in [0.05, 0.1) is 10.8 Å². The Hall–Kier alpha value is -2.81. The van der Waals surface area contributed by atoms with Crippen molar-refractivity contribution in [2.75, 3.05) is 5.32 Å². The molecule has 3 rings (SSSR count). The summed E-state index contributed by atoms with van der Waals surface area (Å²) in [5.74, 6) is -0.146. The van der Waals surface area contributed by atoms with Crippen molar-refractivity contribution < 1.29 is 22.4 Å². The molecule has 5 nitrogen and oxygen atoms in total. The molecule has 146 valence electrons. The Labute approximate surface area is 163 Å². The molecular formula is C19H16F3N3O2S. The fraction of sp³-hybridized carbons (Fsp3) is 0.211. The first-order valence-electron chi connectivity index (χ1n) is 8.28. The van der Waals surface area contributed by atoms with E-state index in [1.54, 1.807) is 6.92 Å². The largest absolute Gasteiger partial charge is 0.416 e. The predicted octanol–water partition coefficient (Wildman–Crippen LogP) is 5.18. The molecule has 0 fully saturated rings. The number of hydrogen-bond acceptors (Lipinski definition) is 5. The maximum absolute atomic E-state index is 12.8. The first kappa shape index (κ1) is 19.9. The molecule has 9 heteroatoms. The number of anilines is 1. The minimum Gasteiger partial charge on any atom is -0.411 e. The molecule has 0 saturated heterocycles. The van der Waals surface area contributed by atoms with E-state index in [2.05, 4.69) is 15.5 Å². The Morgan fingerprint density at radius 1 is 1.14 bits per heavy atom. The zero-order chi connectivity index (χ0) is 20.3. The van der Waals surface area contributed by atoms with E-state index in [1.165, 1.54) is 12.1 Å². The maximum Gasteiger partial charge on any atom is 0.416 e. The predicted molar refractivity (Wildman–Crippen MR) is 99.9 cm³/mol. The number of halogens is 3. The first-order valence-corrected chi connectivity index (χ1v) is 9.15. The topological polar surface area (TPSA) is 68.0 Å². The number of benzene rings is 2. The Balaban J connectivity index is 1.64. The fourth-order valence-electron chi connectivity index (χ4n) is 2.29. The highest BCUT2D eigenvalue weighted by molar-refractivity contribution is 8.00. The molecule has 28 heavy (non-hydrogen) atoms. The lowest BCUT2D eigenvalue weighted by atomic mass is 10.1. The summed E-state index contributed by atoms with van der Waals surface area (Å²) in [6.07, 6.45) is -4.47. The Morgan fingerprint density at radius 2 is 1.86 bits per heavy atom. The zero-order valence-electron chi connectivity index (χ0n) is 14.9. The van der Waals surface area contributed by atoms with Gasteiger partial charge in [-0.2, -0.15) is 13.2 Å². The molecule has 0 bridgehead atoms. The number of aryl methyl sites for hydroxylation is 1. The van der Waals surface area contributed by atoms with E-state index in [4.69, 9.17) is 4.42 Å². The van der Waals surface area contributed by atoms with Crippen LogP contribution in [0.4, 0.5) is 18.9 Å². The second-order valence-electron chi connectivity index (χ2n) is 6.07. The molecule has 3 aromatic rings. The Kier molecular flexibility index (Phi) is 5.73. The number of nitrogens with one attached hydrogen (secondary N) is 1. The average Bonchev–Trinajstić information content (AvgIpc) is 3.10. The molecule has 0 aliphatic heterocycles. The zero-order valence-corrected chi connectivity index (χ0v) is 15.8. The smallest absolute Gasteiger partial charge is 0.411 e. The quantitative estimate of drug-likeness (QED) is 0.590. The van der Waals surface area contributed by atoms with Crippen LogP contribution in [-0.4, -0.2) is 21.4 Å². The summed E-state index contributed by atoms with van der Waals surface area (Å²) in [4.78, 5) is 12.3. The number of rotatable bonds is 5. The molecule has 0 spiro atoms. The van der Waals surface area contributed by atoms with Gasteiger partial charge < -0.3 is 9.73 Å². The third-order valence-electron chi connectivity index (χ3n) is 3.81. The third kappa shape index (κ3) is 4.92. The maximum atomic E-state index is 12.8. The highest BCUT2D eigenvalue weighted by Gasteiger charge is 2.30. The van der Waals surface area contributed by atoms with Gasteiger partial charge in [0.1, 0.15) is 0 Å². The summed E-state index contributed by atoms with van der Waals surface area (Å²) in [7, 11) is 0. The van der Waals surface area contributed by atoms with Crippen LogP contribution in [0.2, 0.25) is 0 Å². The monoisotopic (exact) mass is 407 g/mol. The highest BCUT2D eigenvalue weighted by atomic mass is 32.2. The van der Waals surface area contributed by atoms with E-state index in [9.17, 15) is 18.0 Å². The average molecular weight is 407 g/mol. The summed E-state index contributed by atoms with van der Waals surface area (Å²) in [5.41, 5.74) is 1.09. The van der Waals surface area contributed by atoms with E-state index in [0.717, 1.165) is 35.0 Å². The number of thioether (sulfide) groups is 1. The lowest BCUT2D eigenvalue weighted by molar-refractivity contribution is -0.137. The number of aromatic nitrogens is 2. The third-order valence-corrected chi connectivity index (χ3v) is 4.74. The molecule has 1 amide bonds. The Morgan fingerprint density at radius 3 is 2.54 bits per heavy atom. The van der Waals surface area contributed by atoms with Crippen molar-refractivity contribution in [1.29, 1.82) is 0 Å². The van der Waals surface area contributed by atoms with Gasteiger partial charge in [0, 0.05) is 11.3 Å². The van der Waals surface area contributed by atoms with Gasteiger partial charge in [-0.1, -0.05) is 35.5 Å². The fourth-order valence-corrected chi connectivity index (χ4v) is 2.98. The second kappa shape index (κ2) is 8.05. The van der Waals surface area contributed by atoms with Gasteiger partial charge in [0.25, 0.3) is 5.22 Å². The Bertz CT molecular complexity index is 971. The van der Waals surface area contributed by atoms with Crippen LogP contribution in [-0.2, 0) is 11.0 Å². The van der Waals surface area contributed by atoms with Crippen LogP contribution in [0.15, 0.2) is 58.2 Å². The molecule has 1 atom stereocenters. The van der Waals surface area contributed by atoms with Crippen LogP contribution in [0.3, 0.4) is 0 Å². The van der Waals surface area contributed by atoms with Gasteiger partial charge in [-0.15, -0.1) is 10.2 Å². The van der Waals surface area contributed by atoms with Crippen LogP contribution < -0.4 is 5.32 Å². The van der Waals surface area contributed by atoms with Crippen molar-refractivity contribution in [2.45, 2.75) is 30.5 Å². The van der Waals surface area contributed by atoms with E-state index in [-0.39, 0.29) is 10.9 Å².